The minimum Gasteiger partial charge on any atom is -0.507 e. The Hall–Kier alpha value is -6.10. The van der Waals surface area contributed by atoms with Crippen molar-refractivity contribution < 1.29 is 37.3 Å². The lowest BCUT2D eigenvalue weighted by molar-refractivity contribution is 0.0374. The summed E-state index contributed by atoms with van der Waals surface area (Å²) in [6.07, 6.45) is 3.42. The number of phenolic OH excluding ortho intramolecular Hbond substituents is 1. The van der Waals surface area contributed by atoms with E-state index >= 15 is 0 Å². The first-order valence-electron chi connectivity index (χ1n) is 18.8. The number of nitrogens with zero attached hydrogens (tertiary/aromatic N) is 2. The molecular weight excluding hydrogens is 763 g/mol. The Morgan fingerprint density at radius 3 is 2.34 bits per heavy atom. The number of anilines is 5. The number of methoxy groups -OCH3 is 1. The van der Waals surface area contributed by atoms with Gasteiger partial charge in [0.15, 0.2) is 5.75 Å². The lowest BCUT2D eigenvalue weighted by Crippen LogP contribution is -2.38. The van der Waals surface area contributed by atoms with Crippen LogP contribution in [0.15, 0.2) is 85.1 Å². The van der Waals surface area contributed by atoms with Crippen LogP contribution in [0.2, 0.25) is 0 Å². The summed E-state index contributed by atoms with van der Waals surface area (Å²) in [4.78, 5) is 32.9. The third-order valence-corrected chi connectivity index (χ3v) is 9.94. The molecule has 0 bridgehead atoms. The van der Waals surface area contributed by atoms with E-state index in [-0.39, 0.29) is 39.8 Å². The molecule has 1 aliphatic rings. The van der Waals surface area contributed by atoms with Gasteiger partial charge in [-0.2, -0.15) is 0 Å². The molecule has 15 nitrogen and oxygen atoms in total. The van der Waals surface area contributed by atoms with Crippen molar-refractivity contribution in [2.75, 3.05) is 73.4 Å². The zero-order valence-corrected chi connectivity index (χ0v) is 34.0. The first-order chi connectivity index (χ1) is 27.7. The zero-order chi connectivity index (χ0) is 41.5. The Morgan fingerprint density at radius 2 is 1.64 bits per heavy atom. The van der Waals surface area contributed by atoms with Gasteiger partial charge in [-0.25, -0.2) is 18.2 Å². The third-order valence-electron chi connectivity index (χ3n) is 9.35. The van der Waals surface area contributed by atoms with Crippen LogP contribution in [0.5, 0.6) is 23.0 Å². The molecule has 6 rings (SSSR count). The summed E-state index contributed by atoms with van der Waals surface area (Å²) in [7, 11) is -2.25. The second-order valence-electron chi connectivity index (χ2n) is 14.9. The van der Waals surface area contributed by atoms with Crippen LogP contribution in [0.3, 0.4) is 0 Å². The summed E-state index contributed by atoms with van der Waals surface area (Å²) in [5, 5.41) is 23.9. The molecule has 58 heavy (non-hydrogen) atoms. The molecule has 0 saturated carbocycles. The molecule has 306 valence electrons. The van der Waals surface area contributed by atoms with Crippen molar-refractivity contribution >= 4 is 61.3 Å². The fraction of sp³-hybridized carbons (Fsp3) is 0.310. The van der Waals surface area contributed by atoms with Crippen LogP contribution >= 0.6 is 0 Å². The smallest absolute Gasteiger partial charge is 0.323 e. The van der Waals surface area contributed by atoms with Gasteiger partial charge in [-0.15, -0.1) is 0 Å². The minimum atomic E-state index is -3.65. The van der Waals surface area contributed by atoms with Gasteiger partial charge in [0.05, 0.1) is 49.2 Å². The van der Waals surface area contributed by atoms with Crippen molar-refractivity contribution in [3.8, 4) is 23.0 Å². The standard InChI is InChI=1S/C42H49N7O8S/c1-42(2,3)27-23-34(39(55-4)35(24-27)48-58(5,53)54)47-41(52)46-33-13-14-37(31-10-7-6-9-30(31)33)57-29-15-17-43-38(26-29)45-28-11-12-32(36(50)25-28)40(51)44-16-8-18-49-19-21-56-22-20-49/h6-7,9-15,17,23-26,48,50H,8,16,18-22H2,1-5H3,(H,43,45)(H,44,51)(H2,46,47,52). The number of pyridine rings is 1. The molecule has 2 heterocycles. The fourth-order valence-corrected chi connectivity index (χ4v) is 6.99. The Morgan fingerprint density at radius 1 is 0.914 bits per heavy atom. The van der Waals surface area contributed by atoms with E-state index in [1.807, 2.05) is 45.0 Å². The van der Waals surface area contributed by atoms with E-state index in [4.69, 9.17) is 14.2 Å². The average Bonchev–Trinajstić information content (AvgIpc) is 3.17. The Bertz CT molecular complexity index is 2400. The summed E-state index contributed by atoms with van der Waals surface area (Å²) in [6.45, 7) is 10.5. The van der Waals surface area contributed by atoms with Crippen molar-refractivity contribution in [2.24, 2.45) is 0 Å². The molecular formula is C42H49N7O8S. The van der Waals surface area contributed by atoms with Gasteiger partial charge in [-0.1, -0.05) is 45.0 Å². The highest BCUT2D eigenvalue weighted by Gasteiger charge is 2.23. The summed E-state index contributed by atoms with van der Waals surface area (Å²) in [5.74, 6) is 1.09. The quantitative estimate of drug-likeness (QED) is 0.0619. The number of hydrogen-bond donors (Lipinski definition) is 6. The Kier molecular flexibility index (Phi) is 12.9. The number of aromatic nitrogens is 1. The zero-order valence-electron chi connectivity index (χ0n) is 33.1. The number of ether oxygens (including phenoxy) is 3. The van der Waals surface area contributed by atoms with Gasteiger partial charge < -0.3 is 40.6 Å². The van der Waals surface area contributed by atoms with Crippen LogP contribution < -0.4 is 35.5 Å². The maximum atomic E-state index is 13.5. The van der Waals surface area contributed by atoms with Crippen LogP contribution in [0, 0.1) is 0 Å². The Balaban J connectivity index is 1.12. The van der Waals surface area contributed by atoms with Crippen molar-refractivity contribution in [3.05, 3.63) is 96.2 Å². The van der Waals surface area contributed by atoms with Crippen LogP contribution in [0.4, 0.5) is 33.4 Å². The molecule has 1 fully saturated rings. The number of amides is 3. The molecule has 16 heteroatoms. The van der Waals surface area contributed by atoms with Crippen LogP contribution in [0.1, 0.15) is 43.1 Å². The molecule has 4 aromatic carbocycles. The predicted molar refractivity (Wildman–Crippen MR) is 227 cm³/mol. The number of carbonyl (C=O) groups is 2. The molecule has 3 amide bonds. The number of fused-ring (bicyclic) bond motifs is 1. The fourth-order valence-electron chi connectivity index (χ4n) is 6.44. The number of rotatable bonds is 14. The summed E-state index contributed by atoms with van der Waals surface area (Å²) in [5.41, 5.74) is 2.09. The topological polar surface area (TPSA) is 192 Å². The average molecular weight is 812 g/mol. The first kappa shape index (κ1) is 41.5. The number of benzene rings is 4. The summed E-state index contributed by atoms with van der Waals surface area (Å²) < 4.78 is 44.1. The van der Waals surface area contributed by atoms with Crippen molar-refractivity contribution in [2.45, 2.75) is 32.6 Å². The van der Waals surface area contributed by atoms with E-state index in [9.17, 15) is 23.1 Å². The number of urea groups is 1. The molecule has 1 aliphatic heterocycles. The van der Waals surface area contributed by atoms with Gasteiger partial charge in [0.2, 0.25) is 10.0 Å². The van der Waals surface area contributed by atoms with Crippen molar-refractivity contribution in [1.82, 2.24) is 15.2 Å². The second kappa shape index (κ2) is 18.0. The first-order valence-corrected chi connectivity index (χ1v) is 20.7. The number of nitrogens with one attached hydrogen (secondary N) is 5. The van der Waals surface area contributed by atoms with Gasteiger partial charge in [0.1, 0.15) is 23.1 Å². The molecule has 0 radical (unpaired) electrons. The maximum absolute atomic E-state index is 13.5. The number of hydrogen-bond acceptors (Lipinski definition) is 11. The van der Waals surface area contributed by atoms with Crippen LogP contribution in [0.25, 0.3) is 10.8 Å². The van der Waals surface area contributed by atoms with E-state index < -0.39 is 16.1 Å². The van der Waals surface area contributed by atoms with E-state index in [0.29, 0.717) is 40.6 Å². The summed E-state index contributed by atoms with van der Waals surface area (Å²) >= 11 is 0. The van der Waals surface area contributed by atoms with Gasteiger partial charge in [-0.3, -0.25) is 14.4 Å². The highest BCUT2D eigenvalue weighted by atomic mass is 32.2. The van der Waals surface area contributed by atoms with Crippen LogP contribution in [-0.2, 0) is 20.2 Å². The SMILES string of the molecule is COc1c(NC(=O)Nc2ccc(Oc3ccnc(Nc4ccc(C(=O)NCCCN5CCOCC5)c(O)c4)c3)c3ccccc23)cc(C(C)(C)C)cc1NS(C)(=O)=O. The molecule has 1 aromatic heterocycles. The number of sulfonamides is 1. The maximum Gasteiger partial charge on any atom is 0.323 e. The second-order valence-corrected chi connectivity index (χ2v) is 16.6. The molecule has 0 spiro atoms. The molecule has 0 unspecified atom stereocenters. The largest absolute Gasteiger partial charge is 0.507 e. The molecule has 0 atom stereocenters. The van der Waals surface area contributed by atoms with Gasteiger partial charge in [0, 0.05) is 54.4 Å². The van der Waals surface area contributed by atoms with E-state index in [1.54, 1.807) is 54.7 Å². The normalized spacial score (nSPS) is 13.4. The monoisotopic (exact) mass is 811 g/mol. The number of aromatic hydroxyl groups is 1. The number of morpholine rings is 1. The minimum absolute atomic E-state index is 0.163. The molecule has 5 aromatic rings. The third kappa shape index (κ3) is 10.8. The van der Waals surface area contributed by atoms with Gasteiger partial charge in [0.25, 0.3) is 5.91 Å². The molecule has 1 saturated heterocycles. The van der Waals surface area contributed by atoms with E-state index in [1.165, 1.54) is 13.2 Å². The van der Waals surface area contributed by atoms with Crippen molar-refractivity contribution in [1.29, 1.82) is 0 Å². The van der Waals surface area contributed by atoms with Gasteiger partial charge >= 0.3 is 6.03 Å². The Labute approximate surface area is 338 Å². The van der Waals surface area contributed by atoms with E-state index in [0.717, 1.165) is 56.5 Å². The summed E-state index contributed by atoms with van der Waals surface area (Å²) in [6, 6.07) is 21.9. The lowest BCUT2D eigenvalue weighted by atomic mass is 9.86. The van der Waals surface area contributed by atoms with Crippen molar-refractivity contribution in [3.63, 3.8) is 0 Å². The molecule has 6 N–H and O–H groups in total. The lowest BCUT2D eigenvalue weighted by Gasteiger charge is -2.26. The number of phenols is 1. The van der Waals surface area contributed by atoms with Gasteiger partial charge in [-0.05, 0) is 66.4 Å². The predicted octanol–water partition coefficient (Wildman–Crippen LogP) is 7.25. The highest BCUT2D eigenvalue weighted by molar-refractivity contribution is 7.92. The molecule has 0 aliphatic carbocycles. The highest BCUT2D eigenvalue weighted by Crippen LogP contribution is 2.40. The van der Waals surface area contributed by atoms with Crippen LogP contribution in [-0.4, -0.2) is 88.1 Å². The number of carbonyl (C=O) groups excluding carboxylic acids is 2. The van der Waals surface area contributed by atoms with E-state index in [2.05, 4.69) is 35.9 Å².